The maximum atomic E-state index is 11.2. The molecular formula is C17H15NO2S. The minimum atomic E-state index is -0.773. The highest BCUT2D eigenvalue weighted by Crippen LogP contribution is 2.31. The number of para-hydroxylation sites is 1. The molecule has 0 bridgehead atoms. The molecule has 0 aliphatic carbocycles. The lowest BCUT2D eigenvalue weighted by Crippen LogP contribution is -2.10. The number of fused-ring (bicyclic) bond motifs is 1. The molecule has 1 heterocycles. The summed E-state index contributed by atoms with van der Waals surface area (Å²) in [5.41, 5.74) is 2.87. The fraction of sp³-hybridized carbons (Fsp3) is 0.176. The second kappa shape index (κ2) is 5.66. The Labute approximate surface area is 126 Å². The number of nitrogens with zero attached hydrogens (tertiary/aromatic N) is 1. The van der Waals surface area contributed by atoms with Crippen molar-refractivity contribution in [3.63, 3.8) is 0 Å². The lowest BCUT2D eigenvalue weighted by molar-refractivity contribution is -0.138. The first kappa shape index (κ1) is 13.8. The normalized spacial score (nSPS) is 12.4. The summed E-state index contributed by atoms with van der Waals surface area (Å²) in [7, 11) is 0. The molecule has 1 aromatic heterocycles. The van der Waals surface area contributed by atoms with Crippen LogP contribution in [0.25, 0.3) is 20.8 Å². The monoisotopic (exact) mass is 297 g/mol. The van der Waals surface area contributed by atoms with E-state index in [1.165, 1.54) is 0 Å². The Bertz CT molecular complexity index is 744. The SMILES string of the molecule is CCC(C(=O)O)c1ccc(-c2nc3ccccc3s2)cc1. The van der Waals surface area contributed by atoms with E-state index in [2.05, 4.69) is 11.1 Å². The summed E-state index contributed by atoms with van der Waals surface area (Å²) in [4.78, 5) is 15.8. The number of rotatable bonds is 4. The van der Waals surface area contributed by atoms with E-state index in [1.54, 1.807) is 11.3 Å². The predicted molar refractivity (Wildman–Crippen MR) is 85.7 cm³/mol. The number of hydrogen-bond acceptors (Lipinski definition) is 3. The minimum absolute atomic E-state index is 0.436. The van der Waals surface area contributed by atoms with E-state index in [4.69, 9.17) is 0 Å². The molecule has 0 aliphatic heterocycles. The summed E-state index contributed by atoms with van der Waals surface area (Å²) in [6, 6.07) is 15.7. The first-order valence-electron chi connectivity index (χ1n) is 6.87. The molecule has 3 aromatic rings. The van der Waals surface area contributed by atoms with Crippen LogP contribution in [-0.4, -0.2) is 16.1 Å². The van der Waals surface area contributed by atoms with E-state index in [9.17, 15) is 9.90 Å². The highest BCUT2D eigenvalue weighted by Gasteiger charge is 2.17. The lowest BCUT2D eigenvalue weighted by atomic mass is 9.96. The molecule has 21 heavy (non-hydrogen) atoms. The van der Waals surface area contributed by atoms with Crippen LogP contribution in [0.2, 0.25) is 0 Å². The number of aromatic nitrogens is 1. The zero-order chi connectivity index (χ0) is 14.8. The molecule has 106 valence electrons. The molecule has 0 saturated heterocycles. The second-order valence-electron chi connectivity index (χ2n) is 4.91. The van der Waals surface area contributed by atoms with Gasteiger partial charge in [-0.3, -0.25) is 4.79 Å². The van der Waals surface area contributed by atoms with Gasteiger partial charge in [0.25, 0.3) is 0 Å². The van der Waals surface area contributed by atoms with Crippen molar-refractivity contribution >= 4 is 27.5 Å². The van der Waals surface area contributed by atoms with Gasteiger partial charge in [0.2, 0.25) is 0 Å². The number of carboxylic acid groups (broad SMARTS) is 1. The summed E-state index contributed by atoms with van der Waals surface area (Å²) < 4.78 is 1.16. The zero-order valence-corrected chi connectivity index (χ0v) is 12.4. The van der Waals surface area contributed by atoms with E-state index < -0.39 is 11.9 Å². The van der Waals surface area contributed by atoms with Crippen LogP contribution in [0.1, 0.15) is 24.8 Å². The Morgan fingerprint density at radius 2 is 1.90 bits per heavy atom. The van der Waals surface area contributed by atoms with E-state index in [0.29, 0.717) is 6.42 Å². The Hall–Kier alpha value is -2.20. The second-order valence-corrected chi connectivity index (χ2v) is 5.94. The topological polar surface area (TPSA) is 50.2 Å². The molecule has 0 amide bonds. The van der Waals surface area contributed by atoms with Gasteiger partial charge >= 0.3 is 5.97 Å². The molecule has 1 N–H and O–H groups in total. The van der Waals surface area contributed by atoms with Gasteiger partial charge in [-0.2, -0.15) is 0 Å². The van der Waals surface area contributed by atoms with Crippen LogP contribution in [0, 0.1) is 0 Å². The number of hydrogen-bond donors (Lipinski definition) is 1. The standard InChI is InChI=1S/C17H15NO2S/c1-2-13(17(19)20)11-7-9-12(10-8-11)16-18-14-5-3-4-6-15(14)21-16/h3-10,13H,2H2,1H3,(H,19,20). The quantitative estimate of drug-likeness (QED) is 0.769. The number of carbonyl (C=O) groups is 1. The molecular weight excluding hydrogens is 282 g/mol. The molecule has 0 fully saturated rings. The lowest BCUT2D eigenvalue weighted by Gasteiger charge is -2.10. The van der Waals surface area contributed by atoms with Crippen molar-refractivity contribution in [1.82, 2.24) is 4.98 Å². The van der Waals surface area contributed by atoms with Crippen molar-refractivity contribution in [3.8, 4) is 10.6 Å². The molecule has 0 radical (unpaired) electrons. The maximum absolute atomic E-state index is 11.2. The van der Waals surface area contributed by atoms with Crippen molar-refractivity contribution in [1.29, 1.82) is 0 Å². The van der Waals surface area contributed by atoms with Crippen LogP contribution in [-0.2, 0) is 4.79 Å². The fourth-order valence-electron chi connectivity index (χ4n) is 2.41. The molecule has 1 atom stereocenters. The number of aliphatic carboxylic acids is 1. The van der Waals surface area contributed by atoms with Gasteiger partial charge in [0.1, 0.15) is 5.01 Å². The Balaban J connectivity index is 1.95. The largest absolute Gasteiger partial charge is 0.481 e. The smallest absolute Gasteiger partial charge is 0.310 e. The molecule has 1 unspecified atom stereocenters. The molecule has 2 aromatic carbocycles. The third-order valence-electron chi connectivity index (χ3n) is 3.56. The third kappa shape index (κ3) is 2.67. The van der Waals surface area contributed by atoms with Crippen LogP contribution < -0.4 is 0 Å². The number of benzene rings is 2. The number of carboxylic acids is 1. The van der Waals surface area contributed by atoms with E-state index in [0.717, 1.165) is 26.4 Å². The van der Waals surface area contributed by atoms with E-state index in [-0.39, 0.29) is 0 Å². The summed E-state index contributed by atoms with van der Waals surface area (Å²) in [5.74, 6) is -1.21. The van der Waals surface area contributed by atoms with Gasteiger partial charge in [-0.25, -0.2) is 4.98 Å². The molecule has 3 nitrogen and oxygen atoms in total. The summed E-state index contributed by atoms with van der Waals surface area (Å²) in [6.45, 7) is 1.89. The average molecular weight is 297 g/mol. The Morgan fingerprint density at radius 1 is 1.19 bits per heavy atom. The molecule has 0 spiro atoms. The highest BCUT2D eigenvalue weighted by molar-refractivity contribution is 7.21. The molecule has 0 saturated carbocycles. The Kier molecular flexibility index (Phi) is 3.71. The zero-order valence-electron chi connectivity index (χ0n) is 11.6. The van der Waals surface area contributed by atoms with Gasteiger partial charge in [0.15, 0.2) is 0 Å². The van der Waals surface area contributed by atoms with E-state index in [1.807, 2.05) is 49.4 Å². The van der Waals surface area contributed by atoms with Gasteiger partial charge < -0.3 is 5.11 Å². The van der Waals surface area contributed by atoms with Crippen molar-refractivity contribution in [2.24, 2.45) is 0 Å². The first-order valence-corrected chi connectivity index (χ1v) is 7.69. The third-order valence-corrected chi connectivity index (χ3v) is 4.65. The van der Waals surface area contributed by atoms with E-state index >= 15 is 0 Å². The van der Waals surface area contributed by atoms with Crippen LogP contribution in [0.3, 0.4) is 0 Å². The first-order chi connectivity index (χ1) is 10.2. The van der Waals surface area contributed by atoms with Crippen molar-refractivity contribution in [2.45, 2.75) is 19.3 Å². The van der Waals surface area contributed by atoms with Crippen LogP contribution >= 0.6 is 11.3 Å². The fourth-order valence-corrected chi connectivity index (χ4v) is 3.38. The van der Waals surface area contributed by atoms with Crippen molar-refractivity contribution in [2.75, 3.05) is 0 Å². The van der Waals surface area contributed by atoms with Gasteiger partial charge in [-0.05, 0) is 24.1 Å². The van der Waals surface area contributed by atoms with Gasteiger partial charge in [-0.15, -0.1) is 11.3 Å². The van der Waals surface area contributed by atoms with Crippen molar-refractivity contribution < 1.29 is 9.90 Å². The van der Waals surface area contributed by atoms with Crippen LogP contribution in [0.15, 0.2) is 48.5 Å². The van der Waals surface area contributed by atoms with Gasteiger partial charge in [0.05, 0.1) is 16.1 Å². The predicted octanol–water partition coefficient (Wildman–Crippen LogP) is 4.54. The summed E-state index contributed by atoms with van der Waals surface area (Å²) >= 11 is 1.65. The van der Waals surface area contributed by atoms with Crippen LogP contribution in [0.4, 0.5) is 0 Å². The maximum Gasteiger partial charge on any atom is 0.310 e. The van der Waals surface area contributed by atoms with Gasteiger partial charge in [0, 0.05) is 5.56 Å². The summed E-state index contributed by atoms with van der Waals surface area (Å²) in [5, 5.41) is 10.2. The summed E-state index contributed by atoms with van der Waals surface area (Å²) in [6.07, 6.45) is 0.593. The van der Waals surface area contributed by atoms with Crippen molar-refractivity contribution in [3.05, 3.63) is 54.1 Å². The molecule has 3 rings (SSSR count). The molecule has 0 aliphatic rings. The minimum Gasteiger partial charge on any atom is -0.481 e. The Morgan fingerprint density at radius 3 is 2.52 bits per heavy atom. The average Bonchev–Trinajstić information content (AvgIpc) is 2.92. The van der Waals surface area contributed by atoms with Crippen LogP contribution in [0.5, 0.6) is 0 Å². The van der Waals surface area contributed by atoms with Gasteiger partial charge in [-0.1, -0.05) is 43.3 Å². The molecule has 4 heteroatoms. The number of thiazole rings is 1. The highest BCUT2D eigenvalue weighted by atomic mass is 32.1.